The molecule has 4 heteroatoms. The van der Waals surface area contributed by atoms with Gasteiger partial charge >= 0.3 is 0 Å². The van der Waals surface area contributed by atoms with Crippen LogP contribution in [0.4, 0.5) is 5.69 Å². The Bertz CT molecular complexity index is 709. The Morgan fingerprint density at radius 1 is 1.05 bits per heavy atom. The molecule has 0 amide bonds. The first-order valence-corrected chi connectivity index (χ1v) is 8.32. The van der Waals surface area contributed by atoms with Crippen LogP contribution in [-0.4, -0.2) is 15.0 Å². The van der Waals surface area contributed by atoms with E-state index in [0.717, 1.165) is 12.0 Å². The van der Waals surface area contributed by atoms with Crippen LogP contribution < -0.4 is 4.31 Å². The van der Waals surface area contributed by atoms with E-state index in [4.69, 9.17) is 0 Å². The first-order chi connectivity index (χ1) is 10.1. The topological polar surface area (TPSA) is 37.4 Å². The molecule has 110 valence electrons. The second-order valence-corrected chi connectivity index (χ2v) is 6.48. The smallest absolute Gasteiger partial charge is 0.262 e. The van der Waals surface area contributed by atoms with Gasteiger partial charge in [-0.1, -0.05) is 49.4 Å². The molecule has 0 aliphatic heterocycles. The second kappa shape index (κ2) is 6.59. The van der Waals surface area contributed by atoms with Gasteiger partial charge in [-0.05, 0) is 30.2 Å². The fourth-order valence-corrected chi connectivity index (χ4v) is 3.71. The summed E-state index contributed by atoms with van der Waals surface area (Å²) >= 11 is 0. The lowest BCUT2D eigenvalue weighted by atomic mass is 10.1. The van der Waals surface area contributed by atoms with Gasteiger partial charge in [0.2, 0.25) is 0 Å². The van der Waals surface area contributed by atoms with Gasteiger partial charge in [-0.25, -0.2) is 8.42 Å². The number of para-hydroxylation sites is 1. The fraction of sp³-hybridized carbons (Fsp3) is 0.176. The molecule has 3 nitrogen and oxygen atoms in total. The van der Waals surface area contributed by atoms with E-state index in [-0.39, 0.29) is 11.4 Å². The highest BCUT2D eigenvalue weighted by Gasteiger charge is 2.24. The Hall–Kier alpha value is -2.07. The molecule has 0 spiro atoms. The van der Waals surface area contributed by atoms with Gasteiger partial charge in [-0.3, -0.25) is 4.31 Å². The van der Waals surface area contributed by atoms with Gasteiger partial charge in [0.25, 0.3) is 10.0 Å². The molecule has 0 heterocycles. The van der Waals surface area contributed by atoms with Crippen molar-refractivity contribution in [1.29, 1.82) is 0 Å². The molecule has 0 radical (unpaired) electrons. The molecule has 2 rings (SSSR count). The van der Waals surface area contributed by atoms with E-state index >= 15 is 0 Å². The Balaban J connectivity index is 2.56. The predicted octanol–water partition coefficient (Wildman–Crippen LogP) is 3.63. The maximum absolute atomic E-state index is 12.9. The van der Waals surface area contributed by atoms with Crippen LogP contribution in [0.3, 0.4) is 0 Å². The number of aryl methyl sites for hydroxylation is 1. The third-order valence-electron chi connectivity index (χ3n) is 3.27. The van der Waals surface area contributed by atoms with Crippen molar-refractivity contribution < 1.29 is 8.42 Å². The largest absolute Gasteiger partial charge is 0.264 e. The third-order valence-corrected chi connectivity index (χ3v) is 5.06. The number of rotatable bonds is 6. The maximum Gasteiger partial charge on any atom is 0.264 e. The number of hydrogen-bond acceptors (Lipinski definition) is 2. The Morgan fingerprint density at radius 2 is 1.67 bits per heavy atom. The van der Waals surface area contributed by atoms with Crippen LogP contribution in [0.15, 0.2) is 72.1 Å². The van der Waals surface area contributed by atoms with E-state index in [9.17, 15) is 8.42 Å². The quantitative estimate of drug-likeness (QED) is 0.764. The van der Waals surface area contributed by atoms with E-state index in [1.807, 2.05) is 31.2 Å². The zero-order valence-electron chi connectivity index (χ0n) is 12.1. The predicted molar refractivity (Wildman–Crippen MR) is 87.0 cm³/mol. The molecule has 0 fully saturated rings. The average molecular weight is 301 g/mol. The van der Waals surface area contributed by atoms with Crippen molar-refractivity contribution in [3.8, 4) is 0 Å². The molecular weight excluding hydrogens is 282 g/mol. The minimum absolute atomic E-state index is 0.244. The van der Waals surface area contributed by atoms with Crippen molar-refractivity contribution in [2.24, 2.45) is 0 Å². The van der Waals surface area contributed by atoms with E-state index in [1.54, 1.807) is 36.4 Å². The van der Waals surface area contributed by atoms with Crippen LogP contribution in [0, 0.1) is 0 Å². The zero-order chi connectivity index (χ0) is 15.3. The number of anilines is 1. The van der Waals surface area contributed by atoms with Crippen LogP contribution in [0.2, 0.25) is 0 Å². The van der Waals surface area contributed by atoms with Gasteiger partial charge in [0.1, 0.15) is 0 Å². The molecule has 0 aliphatic carbocycles. The van der Waals surface area contributed by atoms with Crippen LogP contribution in [-0.2, 0) is 16.4 Å². The number of hydrogen-bond donors (Lipinski definition) is 0. The van der Waals surface area contributed by atoms with Crippen molar-refractivity contribution in [3.63, 3.8) is 0 Å². The van der Waals surface area contributed by atoms with Crippen molar-refractivity contribution in [2.45, 2.75) is 18.2 Å². The number of benzene rings is 2. The lowest BCUT2D eigenvalue weighted by Crippen LogP contribution is -2.32. The molecule has 0 atom stereocenters. The van der Waals surface area contributed by atoms with Gasteiger partial charge < -0.3 is 0 Å². The molecular formula is C17H19NO2S. The SMILES string of the molecule is C=CCN(c1ccccc1CC)S(=O)(=O)c1ccccc1. The first-order valence-electron chi connectivity index (χ1n) is 6.88. The average Bonchev–Trinajstić information content (AvgIpc) is 2.53. The molecule has 0 aliphatic rings. The summed E-state index contributed by atoms with van der Waals surface area (Å²) in [6, 6.07) is 16.0. The monoisotopic (exact) mass is 301 g/mol. The van der Waals surface area contributed by atoms with E-state index in [1.165, 1.54) is 4.31 Å². The molecule has 21 heavy (non-hydrogen) atoms. The summed E-state index contributed by atoms with van der Waals surface area (Å²) in [5.41, 5.74) is 1.71. The molecule has 0 saturated heterocycles. The van der Waals surface area contributed by atoms with Crippen molar-refractivity contribution >= 4 is 15.7 Å². The third kappa shape index (κ3) is 3.16. The molecule has 0 N–H and O–H groups in total. The van der Waals surface area contributed by atoms with Gasteiger partial charge in [0.05, 0.1) is 17.1 Å². The van der Waals surface area contributed by atoms with Gasteiger partial charge in [-0.2, -0.15) is 0 Å². The fourth-order valence-electron chi connectivity index (χ4n) is 2.22. The Kier molecular flexibility index (Phi) is 4.81. The zero-order valence-corrected chi connectivity index (χ0v) is 12.9. The van der Waals surface area contributed by atoms with Crippen molar-refractivity contribution in [1.82, 2.24) is 0 Å². The summed E-state index contributed by atoms with van der Waals surface area (Å²) in [6.45, 7) is 5.94. The number of nitrogens with zero attached hydrogens (tertiary/aromatic N) is 1. The van der Waals surface area contributed by atoms with E-state index < -0.39 is 10.0 Å². The van der Waals surface area contributed by atoms with Crippen LogP contribution >= 0.6 is 0 Å². The Labute approximate surface area is 126 Å². The molecule has 0 aromatic heterocycles. The summed E-state index contributed by atoms with van der Waals surface area (Å²) in [5, 5.41) is 0. The molecule has 0 unspecified atom stereocenters. The molecule has 2 aromatic rings. The summed E-state index contributed by atoms with van der Waals surface area (Å²) < 4.78 is 27.1. The summed E-state index contributed by atoms with van der Waals surface area (Å²) in [5.74, 6) is 0. The van der Waals surface area contributed by atoms with E-state index in [0.29, 0.717) is 5.69 Å². The molecule has 0 bridgehead atoms. The maximum atomic E-state index is 12.9. The van der Waals surface area contributed by atoms with Crippen molar-refractivity contribution in [3.05, 3.63) is 72.8 Å². The summed E-state index contributed by atoms with van der Waals surface area (Å²) in [4.78, 5) is 0.290. The lowest BCUT2D eigenvalue weighted by molar-refractivity contribution is 0.592. The minimum atomic E-state index is -3.59. The van der Waals surface area contributed by atoms with Crippen molar-refractivity contribution in [2.75, 3.05) is 10.8 Å². The lowest BCUT2D eigenvalue weighted by Gasteiger charge is -2.25. The highest BCUT2D eigenvalue weighted by molar-refractivity contribution is 7.92. The van der Waals surface area contributed by atoms with E-state index in [2.05, 4.69) is 6.58 Å². The highest BCUT2D eigenvalue weighted by Crippen LogP contribution is 2.27. The number of sulfonamides is 1. The van der Waals surface area contributed by atoms with Crippen LogP contribution in [0.25, 0.3) is 0 Å². The first kappa shape index (κ1) is 15.3. The van der Waals surface area contributed by atoms with Crippen LogP contribution in [0.5, 0.6) is 0 Å². The van der Waals surface area contributed by atoms with Crippen LogP contribution in [0.1, 0.15) is 12.5 Å². The second-order valence-electron chi connectivity index (χ2n) is 4.62. The highest BCUT2D eigenvalue weighted by atomic mass is 32.2. The Morgan fingerprint density at radius 3 is 2.29 bits per heavy atom. The molecule has 2 aromatic carbocycles. The van der Waals surface area contributed by atoms with Gasteiger partial charge in [-0.15, -0.1) is 6.58 Å². The van der Waals surface area contributed by atoms with Gasteiger partial charge in [0.15, 0.2) is 0 Å². The normalized spacial score (nSPS) is 11.1. The van der Waals surface area contributed by atoms with Gasteiger partial charge in [0, 0.05) is 0 Å². The molecule has 0 saturated carbocycles. The standard InChI is InChI=1S/C17H19NO2S/c1-3-14-18(17-13-9-8-10-15(17)4-2)21(19,20)16-11-6-5-7-12-16/h3,5-13H,1,4,14H2,2H3. The summed E-state index contributed by atoms with van der Waals surface area (Å²) in [6.07, 6.45) is 2.38. The summed E-state index contributed by atoms with van der Waals surface area (Å²) in [7, 11) is -3.59. The minimum Gasteiger partial charge on any atom is -0.262 e.